The Hall–Kier alpha value is -2.36. The molecule has 0 N–H and O–H groups in total. The molecule has 1 aliphatic carbocycles. The van der Waals surface area contributed by atoms with Crippen LogP contribution in [-0.2, 0) is 16.0 Å². The van der Waals surface area contributed by atoms with E-state index < -0.39 is 0 Å². The van der Waals surface area contributed by atoms with E-state index in [4.69, 9.17) is 4.74 Å². The maximum absolute atomic E-state index is 12.3. The van der Waals surface area contributed by atoms with Gasteiger partial charge in [0.2, 0.25) is 5.91 Å². The van der Waals surface area contributed by atoms with Crippen molar-refractivity contribution < 1.29 is 14.3 Å². The molecule has 0 spiro atoms. The number of amides is 1. The minimum Gasteiger partial charge on any atom is -0.465 e. The number of allylic oxidation sites excluding steroid dienone is 3. The molecule has 2 aliphatic rings. The van der Waals surface area contributed by atoms with Gasteiger partial charge in [-0.05, 0) is 56.2 Å². The summed E-state index contributed by atoms with van der Waals surface area (Å²) in [5, 5.41) is 0. The van der Waals surface area contributed by atoms with Crippen LogP contribution in [0.1, 0.15) is 61.4 Å². The van der Waals surface area contributed by atoms with Gasteiger partial charge in [-0.25, -0.2) is 4.79 Å². The van der Waals surface area contributed by atoms with E-state index in [2.05, 4.69) is 25.2 Å². The molecule has 1 aromatic rings. The van der Waals surface area contributed by atoms with Gasteiger partial charge in [0, 0.05) is 13.0 Å². The van der Waals surface area contributed by atoms with Crippen molar-refractivity contribution in [2.24, 2.45) is 5.92 Å². The zero-order chi connectivity index (χ0) is 19.9. The molecular weight excluding hydrogens is 350 g/mol. The van der Waals surface area contributed by atoms with Crippen LogP contribution < -0.4 is 0 Å². The van der Waals surface area contributed by atoms with Crippen molar-refractivity contribution in [3.05, 3.63) is 59.2 Å². The second-order valence-electron chi connectivity index (χ2n) is 8.01. The predicted molar refractivity (Wildman–Crippen MR) is 111 cm³/mol. The first kappa shape index (κ1) is 20.4. The van der Waals surface area contributed by atoms with E-state index in [1.165, 1.54) is 38.4 Å². The van der Waals surface area contributed by atoms with Gasteiger partial charge >= 0.3 is 5.97 Å². The van der Waals surface area contributed by atoms with Crippen molar-refractivity contribution in [2.45, 2.75) is 57.9 Å². The molecular formula is C24H31NO3. The van der Waals surface area contributed by atoms with Crippen molar-refractivity contribution >= 4 is 11.9 Å². The van der Waals surface area contributed by atoms with Gasteiger partial charge in [-0.1, -0.05) is 48.8 Å². The molecule has 2 fully saturated rings. The van der Waals surface area contributed by atoms with Crippen LogP contribution in [0, 0.1) is 5.92 Å². The van der Waals surface area contributed by atoms with E-state index >= 15 is 0 Å². The van der Waals surface area contributed by atoms with Crippen molar-refractivity contribution in [1.82, 2.24) is 4.90 Å². The minimum atomic E-state index is -0.327. The Morgan fingerprint density at radius 3 is 2.64 bits per heavy atom. The third-order valence-corrected chi connectivity index (χ3v) is 5.75. The van der Waals surface area contributed by atoms with Gasteiger partial charge in [-0.2, -0.15) is 0 Å². The van der Waals surface area contributed by atoms with Crippen molar-refractivity contribution in [1.29, 1.82) is 0 Å². The third-order valence-electron chi connectivity index (χ3n) is 5.75. The SMILES string of the molecule is COC(=O)c1ccc(CCN2C(=O)CC[C@@H]2C=CC=C(C)CCC2CC2)cc1. The quantitative estimate of drug-likeness (QED) is 0.460. The van der Waals surface area contributed by atoms with Gasteiger partial charge in [-0.15, -0.1) is 0 Å². The fourth-order valence-electron chi connectivity index (χ4n) is 3.69. The summed E-state index contributed by atoms with van der Waals surface area (Å²) in [4.78, 5) is 25.8. The van der Waals surface area contributed by atoms with Gasteiger partial charge < -0.3 is 9.64 Å². The van der Waals surface area contributed by atoms with Crippen LogP contribution in [0.4, 0.5) is 0 Å². The van der Waals surface area contributed by atoms with Gasteiger partial charge in [0.05, 0.1) is 18.7 Å². The maximum atomic E-state index is 12.3. The standard InChI is InChI=1S/C24H31NO3/c1-18(6-7-19-8-9-19)4-3-5-22-14-15-23(26)25(22)17-16-20-10-12-21(13-11-20)24(27)28-2/h3-5,10-13,19,22H,6-9,14-17H2,1-2H3/t22-/m0/s1. The van der Waals surface area contributed by atoms with Crippen LogP contribution in [-0.4, -0.2) is 36.5 Å². The first-order valence-electron chi connectivity index (χ1n) is 10.4. The Labute approximate surface area is 168 Å². The van der Waals surface area contributed by atoms with E-state index in [0.29, 0.717) is 18.5 Å². The van der Waals surface area contributed by atoms with Crippen molar-refractivity contribution in [3.63, 3.8) is 0 Å². The monoisotopic (exact) mass is 381 g/mol. The molecule has 1 atom stereocenters. The lowest BCUT2D eigenvalue weighted by atomic mass is 10.1. The summed E-state index contributed by atoms with van der Waals surface area (Å²) in [6.07, 6.45) is 14.1. The van der Waals surface area contributed by atoms with E-state index in [0.717, 1.165) is 24.3 Å². The summed E-state index contributed by atoms with van der Waals surface area (Å²) in [5.74, 6) is 0.874. The summed E-state index contributed by atoms with van der Waals surface area (Å²) in [7, 11) is 1.38. The maximum Gasteiger partial charge on any atom is 0.337 e. The van der Waals surface area contributed by atoms with Gasteiger partial charge in [-0.3, -0.25) is 4.79 Å². The Kier molecular flexibility index (Phi) is 7.07. The molecule has 1 heterocycles. The van der Waals surface area contributed by atoms with E-state index in [-0.39, 0.29) is 17.9 Å². The fraction of sp³-hybridized carbons (Fsp3) is 0.500. The van der Waals surface area contributed by atoms with Gasteiger partial charge in [0.1, 0.15) is 0 Å². The Morgan fingerprint density at radius 1 is 1.21 bits per heavy atom. The Bertz CT molecular complexity index is 744. The summed E-state index contributed by atoms with van der Waals surface area (Å²) >= 11 is 0. The molecule has 28 heavy (non-hydrogen) atoms. The molecule has 0 radical (unpaired) electrons. The third kappa shape index (κ3) is 5.82. The number of esters is 1. The number of ether oxygens (including phenoxy) is 1. The molecule has 1 amide bonds. The molecule has 0 aromatic heterocycles. The molecule has 3 rings (SSSR count). The average Bonchev–Trinajstić information content (AvgIpc) is 3.48. The highest BCUT2D eigenvalue weighted by Gasteiger charge is 2.28. The lowest BCUT2D eigenvalue weighted by Gasteiger charge is -2.22. The van der Waals surface area contributed by atoms with Crippen molar-refractivity contribution in [2.75, 3.05) is 13.7 Å². The number of likely N-dealkylation sites (tertiary alicyclic amines) is 1. The number of rotatable bonds is 9. The second kappa shape index (κ2) is 9.72. The zero-order valence-corrected chi connectivity index (χ0v) is 17.0. The van der Waals surface area contributed by atoms with Crippen LogP contribution >= 0.6 is 0 Å². The summed E-state index contributed by atoms with van der Waals surface area (Å²) in [5.41, 5.74) is 3.09. The van der Waals surface area contributed by atoms with Crippen molar-refractivity contribution in [3.8, 4) is 0 Å². The Balaban J connectivity index is 1.51. The number of benzene rings is 1. The van der Waals surface area contributed by atoms with Gasteiger partial charge in [0.15, 0.2) is 0 Å². The van der Waals surface area contributed by atoms with Crippen LogP contribution in [0.3, 0.4) is 0 Å². The first-order chi connectivity index (χ1) is 13.6. The number of hydrogen-bond donors (Lipinski definition) is 0. The zero-order valence-electron chi connectivity index (χ0n) is 17.0. The molecule has 0 bridgehead atoms. The molecule has 1 saturated heterocycles. The smallest absolute Gasteiger partial charge is 0.337 e. The fourth-order valence-corrected chi connectivity index (χ4v) is 3.69. The lowest BCUT2D eigenvalue weighted by molar-refractivity contribution is -0.128. The molecule has 1 saturated carbocycles. The molecule has 0 unspecified atom stereocenters. The molecule has 1 aromatic carbocycles. The predicted octanol–water partition coefficient (Wildman–Crippen LogP) is 4.70. The highest BCUT2D eigenvalue weighted by molar-refractivity contribution is 5.89. The Morgan fingerprint density at radius 2 is 1.96 bits per heavy atom. The van der Waals surface area contributed by atoms with Crippen LogP contribution in [0.2, 0.25) is 0 Å². The highest BCUT2D eigenvalue weighted by Crippen LogP contribution is 2.34. The van der Waals surface area contributed by atoms with Gasteiger partial charge in [0.25, 0.3) is 0 Å². The molecule has 4 heteroatoms. The summed E-state index contributed by atoms with van der Waals surface area (Å²) < 4.78 is 4.73. The largest absolute Gasteiger partial charge is 0.465 e. The number of hydrogen-bond acceptors (Lipinski definition) is 3. The van der Waals surface area contributed by atoms with E-state index in [1.54, 1.807) is 12.1 Å². The second-order valence-corrected chi connectivity index (χ2v) is 8.01. The first-order valence-corrected chi connectivity index (χ1v) is 10.4. The number of carbonyl (C=O) groups is 2. The minimum absolute atomic E-state index is 0.189. The number of methoxy groups -OCH3 is 1. The normalized spacial score (nSPS) is 20.2. The highest BCUT2D eigenvalue weighted by atomic mass is 16.5. The molecule has 4 nitrogen and oxygen atoms in total. The number of carbonyl (C=O) groups excluding carboxylic acids is 2. The molecule has 1 aliphatic heterocycles. The topological polar surface area (TPSA) is 46.6 Å². The summed E-state index contributed by atoms with van der Waals surface area (Å²) in [6.45, 7) is 2.90. The van der Waals surface area contributed by atoms with Crippen LogP contribution in [0.5, 0.6) is 0 Å². The van der Waals surface area contributed by atoms with Crippen LogP contribution in [0.25, 0.3) is 0 Å². The lowest BCUT2D eigenvalue weighted by Crippen LogP contribution is -2.33. The summed E-state index contributed by atoms with van der Waals surface area (Å²) in [6, 6.07) is 7.61. The molecule has 150 valence electrons. The average molecular weight is 382 g/mol. The number of nitrogens with zero attached hydrogens (tertiary/aromatic N) is 1. The van der Waals surface area contributed by atoms with E-state index in [1.807, 2.05) is 17.0 Å². The van der Waals surface area contributed by atoms with E-state index in [9.17, 15) is 9.59 Å². The van der Waals surface area contributed by atoms with Crippen LogP contribution in [0.15, 0.2) is 48.1 Å².